The zero-order valence-electron chi connectivity index (χ0n) is 8.36. The lowest BCUT2D eigenvalue weighted by Gasteiger charge is -2.03. The van der Waals surface area contributed by atoms with Crippen LogP contribution in [0.25, 0.3) is 6.08 Å². The standard InChI is InChI=1S/C10H10BrNO3/c1-7(12(13)14)5-8-3-4-10(15-2)9(11)6-8/h3-6H,1-2H3. The van der Waals surface area contributed by atoms with Gasteiger partial charge in [0.25, 0.3) is 0 Å². The van der Waals surface area contributed by atoms with Gasteiger partial charge in [-0.15, -0.1) is 0 Å². The molecule has 0 atom stereocenters. The van der Waals surface area contributed by atoms with Gasteiger partial charge in [-0.3, -0.25) is 10.1 Å². The predicted octanol–water partition coefficient (Wildman–Crippen LogP) is 3.10. The predicted molar refractivity (Wildman–Crippen MR) is 61.3 cm³/mol. The van der Waals surface area contributed by atoms with Gasteiger partial charge in [0.05, 0.1) is 16.5 Å². The van der Waals surface area contributed by atoms with E-state index in [4.69, 9.17) is 4.74 Å². The molecule has 4 nitrogen and oxygen atoms in total. The molecule has 0 spiro atoms. The molecule has 0 heterocycles. The first-order chi connectivity index (χ1) is 7.04. The van der Waals surface area contributed by atoms with Crippen molar-refractivity contribution in [2.75, 3.05) is 7.11 Å². The Kier molecular flexibility index (Phi) is 3.85. The van der Waals surface area contributed by atoms with Gasteiger partial charge >= 0.3 is 0 Å². The summed E-state index contributed by atoms with van der Waals surface area (Å²) < 4.78 is 5.82. The van der Waals surface area contributed by atoms with Crippen LogP contribution in [-0.4, -0.2) is 12.0 Å². The van der Waals surface area contributed by atoms with Gasteiger partial charge in [-0.1, -0.05) is 6.07 Å². The van der Waals surface area contributed by atoms with Gasteiger partial charge in [-0.05, 0) is 33.6 Å². The minimum Gasteiger partial charge on any atom is -0.496 e. The largest absolute Gasteiger partial charge is 0.496 e. The Labute approximate surface area is 95.8 Å². The first kappa shape index (κ1) is 11.7. The number of rotatable bonds is 3. The Morgan fingerprint density at radius 2 is 2.27 bits per heavy atom. The van der Waals surface area contributed by atoms with E-state index in [1.807, 2.05) is 0 Å². The fourth-order valence-corrected chi connectivity index (χ4v) is 1.62. The number of methoxy groups -OCH3 is 1. The Morgan fingerprint density at radius 1 is 1.60 bits per heavy atom. The van der Waals surface area contributed by atoms with Crippen molar-refractivity contribution in [1.82, 2.24) is 0 Å². The molecule has 1 aromatic carbocycles. The van der Waals surface area contributed by atoms with Crippen molar-refractivity contribution in [3.05, 3.63) is 44.0 Å². The molecule has 0 aromatic heterocycles. The van der Waals surface area contributed by atoms with Gasteiger partial charge in [-0.2, -0.15) is 0 Å². The second-order valence-corrected chi connectivity index (χ2v) is 3.79. The normalized spacial score (nSPS) is 11.3. The molecule has 5 heteroatoms. The topological polar surface area (TPSA) is 52.4 Å². The molecule has 1 aromatic rings. The van der Waals surface area contributed by atoms with Crippen LogP contribution in [0, 0.1) is 10.1 Å². The summed E-state index contributed by atoms with van der Waals surface area (Å²) in [5.41, 5.74) is 0.865. The molecule has 0 fully saturated rings. The lowest BCUT2D eigenvalue weighted by atomic mass is 10.2. The Balaban J connectivity index is 3.03. The van der Waals surface area contributed by atoms with E-state index >= 15 is 0 Å². The molecule has 0 amide bonds. The summed E-state index contributed by atoms with van der Waals surface area (Å²) in [4.78, 5) is 9.99. The fourth-order valence-electron chi connectivity index (χ4n) is 1.07. The number of nitro groups is 1. The molecule has 0 aliphatic carbocycles. The Morgan fingerprint density at radius 3 is 2.73 bits per heavy atom. The van der Waals surface area contributed by atoms with Crippen LogP contribution in [-0.2, 0) is 0 Å². The van der Waals surface area contributed by atoms with E-state index in [9.17, 15) is 10.1 Å². The van der Waals surface area contributed by atoms with E-state index in [2.05, 4.69) is 15.9 Å². The third-order valence-corrected chi connectivity index (χ3v) is 2.46. The average Bonchev–Trinajstić information content (AvgIpc) is 2.18. The molecule has 0 saturated carbocycles. The number of benzene rings is 1. The van der Waals surface area contributed by atoms with Crippen molar-refractivity contribution in [2.24, 2.45) is 0 Å². The number of ether oxygens (including phenoxy) is 1. The molecule has 0 saturated heterocycles. The van der Waals surface area contributed by atoms with Gasteiger partial charge in [0, 0.05) is 13.0 Å². The van der Waals surface area contributed by atoms with Crippen LogP contribution in [0.4, 0.5) is 0 Å². The molecule has 0 radical (unpaired) electrons. The van der Waals surface area contributed by atoms with Crippen molar-refractivity contribution in [3.8, 4) is 5.75 Å². The number of hydrogen-bond acceptors (Lipinski definition) is 3. The molecule has 15 heavy (non-hydrogen) atoms. The molecule has 0 aliphatic rings. The van der Waals surface area contributed by atoms with Crippen molar-refractivity contribution >= 4 is 22.0 Å². The highest BCUT2D eigenvalue weighted by molar-refractivity contribution is 9.10. The van der Waals surface area contributed by atoms with E-state index in [-0.39, 0.29) is 5.70 Å². The molecule has 0 bridgehead atoms. The summed E-state index contributed by atoms with van der Waals surface area (Å²) in [6, 6.07) is 5.28. The van der Waals surface area contributed by atoms with E-state index < -0.39 is 4.92 Å². The van der Waals surface area contributed by atoms with Crippen molar-refractivity contribution in [2.45, 2.75) is 6.92 Å². The fraction of sp³-hybridized carbons (Fsp3) is 0.200. The van der Waals surface area contributed by atoms with Gasteiger partial charge in [0.15, 0.2) is 0 Å². The van der Waals surface area contributed by atoms with Gasteiger partial charge < -0.3 is 4.74 Å². The maximum Gasteiger partial charge on any atom is 0.243 e. The molecular weight excluding hydrogens is 262 g/mol. The highest BCUT2D eigenvalue weighted by atomic mass is 79.9. The van der Waals surface area contributed by atoms with Crippen molar-refractivity contribution in [3.63, 3.8) is 0 Å². The van der Waals surface area contributed by atoms with Gasteiger partial charge in [0.2, 0.25) is 5.70 Å². The highest BCUT2D eigenvalue weighted by Crippen LogP contribution is 2.26. The molecule has 0 N–H and O–H groups in total. The number of allylic oxidation sites excluding steroid dienone is 1. The molecular formula is C10H10BrNO3. The lowest BCUT2D eigenvalue weighted by molar-refractivity contribution is -0.422. The summed E-state index contributed by atoms with van der Waals surface area (Å²) in [7, 11) is 1.57. The first-order valence-electron chi connectivity index (χ1n) is 4.21. The van der Waals surface area contributed by atoms with Crippen molar-refractivity contribution < 1.29 is 9.66 Å². The van der Waals surface area contributed by atoms with Crippen molar-refractivity contribution in [1.29, 1.82) is 0 Å². The summed E-state index contributed by atoms with van der Waals surface area (Å²) >= 11 is 3.31. The van der Waals surface area contributed by atoms with Crippen LogP contribution in [0.3, 0.4) is 0 Å². The summed E-state index contributed by atoms with van der Waals surface area (Å²) in [5.74, 6) is 0.700. The quantitative estimate of drug-likeness (QED) is 0.627. The maximum absolute atomic E-state index is 10.4. The second kappa shape index (κ2) is 4.93. The molecule has 0 aliphatic heterocycles. The van der Waals surface area contributed by atoms with Crippen LogP contribution in [0.15, 0.2) is 28.4 Å². The third-order valence-electron chi connectivity index (χ3n) is 1.84. The van der Waals surface area contributed by atoms with Crippen LogP contribution in [0.2, 0.25) is 0 Å². The lowest BCUT2D eigenvalue weighted by Crippen LogP contribution is -1.93. The number of halogens is 1. The van der Waals surface area contributed by atoms with E-state index in [0.717, 1.165) is 10.0 Å². The van der Waals surface area contributed by atoms with Crippen LogP contribution in [0.5, 0.6) is 5.75 Å². The third kappa shape index (κ3) is 3.06. The van der Waals surface area contributed by atoms with E-state index in [1.54, 1.807) is 25.3 Å². The maximum atomic E-state index is 10.4. The number of nitrogens with zero attached hydrogens (tertiary/aromatic N) is 1. The smallest absolute Gasteiger partial charge is 0.243 e. The van der Waals surface area contributed by atoms with Crippen LogP contribution >= 0.6 is 15.9 Å². The average molecular weight is 272 g/mol. The monoisotopic (exact) mass is 271 g/mol. The Hall–Kier alpha value is -1.36. The zero-order chi connectivity index (χ0) is 11.4. The molecule has 0 unspecified atom stereocenters. The zero-order valence-corrected chi connectivity index (χ0v) is 9.95. The SMILES string of the molecule is COc1ccc(C=C(C)[N+](=O)[O-])cc1Br. The van der Waals surface area contributed by atoms with Crippen LogP contribution < -0.4 is 4.74 Å². The summed E-state index contributed by atoms with van der Waals surface area (Å²) in [5, 5.41) is 10.4. The Bertz CT molecular complexity index is 415. The highest BCUT2D eigenvalue weighted by Gasteiger charge is 2.04. The minimum atomic E-state index is -0.419. The number of hydrogen-bond donors (Lipinski definition) is 0. The first-order valence-corrected chi connectivity index (χ1v) is 5.00. The van der Waals surface area contributed by atoms with Gasteiger partial charge in [-0.25, -0.2) is 0 Å². The molecule has 1 rings (SSSR count). The summed E-state index contributed by atoms with van der Waals surface area (Å²) in [6.07, 6.45) is 1.50. The minimum absolute atomic E-state index is 0.104. The molecule has 80 valence electrons. The van der Waals surface area contributed by atoms with E-state index in [0.29, 0.717) is 5.75 Å². The van der Waals surface area contributed by atoms with E-state index in [1.165, 1.54) is 13.0 Å². The van der Waals surface area contributed by atoms with Gasteiger partial charge in [0.1, 0.15) is 5.75 Å². The second-order valence-electron chi connectivity index (χ2n) is 2.94. The van der Waals surface area contributed by atoms with Crippen LogP contribution in [0.1, 0.15) is 12.5 Å². The summed E-state index contributed by atoms with van der Waals surface area (Å²) in [6.45, 7) is 1.46.